The number of nitrogens with one attached hydrogen (secondary N) is 6. The van der Waals surface area contributed by atoms with Gasteiger partial charge in [0.25, 0.3) is 0 Å². The van der Waals surface area contributed by atoms with Crippen LogP contribution in [0.25, 0.3) is 0 Å². The van der Waals surface area contributed by atoms with Gasteiger partial charge in [0, 0.05) is 12.8 Å². The van der Waals surface area contributed by atoms with Crippen LogP contribution in [0.15, 0.2) is 59.6 Å². The van der Waals surface area contributed by atoms with E-state index in [0.29, 0.717) is 11.1 Å². The number of ether oxygens (including phenoxy) is 3. The minimum atomic E-state index is -1.31. The molecule has 0 spiro atoms. The number of rotatable bonds is 23. The van der Waals surface area contributed by atoms with Crippen LogP contribution in [-0.4, -0.2) is 113 Å². The van der Waals surface area contributed by atoms with E-state index in [0.717, 1.165) is 0 Å². The number of aliphatic carboxylic acids is 1. The lowest BCUT2D eigenvalue weighted by atomic mass is 10.00. The largest absolute Gasteiger partial charge is 0.514 e. The number of alkyl carbamates (subject to hydrolysis) is 1. The number of nitrogens with two attached hydrogens (primary N) is 2. The molecule has 0 aliphatic carbocycles. The molecule has 0 aliphatic rings. The van der Waals surface area contributed by atoms with Crippen LogP contribution < -0.4 is 48.1 Å². The summed E-state index contributed by atoms with van der Waals surface area (Å²) >= 11 is 0. The molecule has 21 heteroatoms. The number of amides is 6. The number of hydrogen-bond donors (Lipinski definition) is 9. The van der Waals surface area contributed by atoms with E-state index < -0.39 is 102 Å². The molecule has 2 aromatic rings. The van der Waals surface area contributed by atoms with E-state index in [-0.39, 0.29) is 49.7 Å². The molecule has 0 saturated carbocycles. The maximum absolute atomic E-state index is 13.9. The Morgan fingerprint density at radius 1 is 0.627 bits per heavy atom. The Morgan fingerprint density at radius 3 is 1.69 bits per heavy atom. The normalized spacial score (nSPS) is 14.0. The van der Waals surface area contributed by atoms with Crippen LogP contribution in [0.5, 0.6) is 5.75 Å². The molecular formula is C46H69N9O12. The van der Waals surface area contributed by atoms with Crippen molar-refractivity contribution in [3.8, 4) is 5.75 Å². The number of nitrogens with zero attached hydrogens (tertiary/aromatic N) is 1. The molecule has 6 amide bonds. The van der Waals surface area contributed by atoms with Crippen LogP contribution in [0.4, 0.5) is 9.59 Å². The lowest BCUT2D eigenvalue weighted by molar-refractivity contribution is -0.142. The summed E-state index contributed by atoms with van der Waals surface area (Å²) in [5, 5.41) is 25.1. The highest BCUT2D eigenvalue weighted by Gasteiger charge is 2.32. The number of hydrogen-bond acceptors (Lipinski definition) is 12. The molecule has 6 atom stereocenters. The summed E-state index contributed by atoms with van der Waals surface area (Å²) in [4.78, 5) is 109. The second kappa shape index (κ2) is 26.3. The quantitative estimate of drug-likeness (QED) is 0.0334. The molecule has 0 unspecified atom stereocenters. The van der Waals surface area contributed by atoms with E-state index >= 15 is 0 Å². The van der Waals surface area contributed by atoms with Crippen molar-refractivity contribution >= 4 is 53.7 Å². The highest BCUT2D eigenvalue weighted by molar-refractivity contribution is 5.95. The molecule has 0 aromatic heterocycles. The fourth-order valence-corrected chi connectivity index (χ4v) is 6.19. The van der Waals surface area contributed by atoms with Crippen LogP contribution in [0, 0.1) is 5.92 Å². The first kappa shape index (κ1) is 56.2. The zero-order valence-corrected chi connectivity index (χ0v) is 40.0. The van der Waals surface area contributed by atoms with Gasteiger partial charge in [-0.05, 0) is 104 Å². The van der Waals surface area contributed by atoms with Crippen molar-refractivity contribution in [3.05, 3.63) is 65.7 Å². The van der Waals surface area contributed by atoms with Gasteiger partial charge in [-0.2, -0.15) is 0 Å². The molecule has 0 saturated heterocycles. The Hall–Kier alpha value is -6.93. The molecule has 2 aromatic carbocycles. The predicted octanol–water partition coefficient (Wildman–Crippen LogP) is 2.33. The van der Waals surface area contributed by atoms with E-state index in [1.165, 1.54) is 19.1 Å². The van der Waals surface area contributed by atoms with E-state index in [1.54, 1.807) is 90.9 Å². The third-order valence-electron chi connectivity index (χ3n) is 9.27. The zero-order valence-electron chi connectivity index (χ0n) is 40.0. The summed E-state index contributed by atoms with van der Waals surface area (Å²) in [7, 11) is 0. The maximum Gasteiger partial charge on any atom is 0.514 e. The van der Waals surface area contributed by atoms with Crippen LogP contribution >= 0.6 is 0 Å². The van der Waals surface area contributed by atoms with Gasteiger partial charge >= 0.3 is 18.2 Å². The fraction of sp³-hybridized carbons (Fsp3) is 0.543. The number of carboxylic acids is 1. The highest BCUT2D eigenvalue weighted by Crippen LogP contribution is 2.17. The predicted molar refractivity (Wildman–Crippen MR) is 248 cm³/mol. The maximum atomic E-state index is 13.9. The number of aliphatic imine (C=N–C) groups is 1. The topological polar surface area (TPSA) is 321 Å². The Bertz CT molecular complexity index is 2030. The second-order valence-corrected chi connectivity index (χ2v) is 18.4. The molecular weight excluding hydrogens is 871 g/mol. The van der Waals surface area contributed by atoms with Crippen molar-refractivity contribution in [2.45, 2.75) is 149 Å². The molecule has 0 heterocycles. The molecule has 0 fully saturated rings. The molecule has 0 bridgehead atoms. The van der Waals surface area contributed by atoms with Crippen molar-refractivity contribution in [2.75, 3.05) is 6.54 Å². The summed E-state index contributed by atoms with van der Waals surface area (Å²) in [5.41, 5.74) is 10.4. The Balaban J connectivity index is 2.18. The number of carbonyl (C=O) groups excluding carboxylic acids is 7. The minimum absolute atomic E-state index is 0.00386. The third kappa shape index (κ3) is 23.2. The summed E-state index contributed by atoms with van der Waals surface area (Å²) in [6.45, 7) is 16.1. The van der Waals surface area contributed by atoms with Crippen molar-refractivity contribution in [1.29, 1.82) is 0 Å². The van der Waals surface area contributed by atoms with Crippen molar-refractivity contribution < 1.29 is 57.7 Å². The van der Waals surface area contributed by atoms with Crippen molar-refractivity contribution in [1.82, 2.24) is 31.9 Å². The molecule has 370 valence electrons. The molecule has 0 aliphatic heterocycles. The smallest absolute Gasteiger partial charge is 0.480 e. The van der Waals surface area contributed by atoms with Gasteiger partial charge in [-0.25, -0.2) is 14.4 Å². The number of guanidine groups is 1. The van der Waals surface area contributed by atoms with Gasteiger partial charge in [-0.3, -0.25) is 29.0 Å². The Morgan fingerprint density at radius 2 is 1.15 bits per heavy atom. The molecule has 11 N–H and O–H groups in total. The molecule has 21 nitrogen and oxygen atoms in total. The first-order valence-corrected chi connectivity index (χ1v) is 21.9. The highest BCUT2D eigenvalue weighted by atomic mass is 16.7. The SMILES string of the molecule is CC(C)C[C@H](NC(=O)[C@H](Cc1ccccc1)NC(=O)CNC(=O)[C@H](C)NC(=O)[C@H](Cc1ccc(OC(=O)OC(C)(C)C)cc1)NC(=O)OC(C)(C)C)C(=O)N[C@H](CC[C@@H](C)N=C(N)N)C(=O)O. The summed E-state index contributed by atoms with van der Waals surface area (Å²) in [5.74, 6) is -5.21. The number of carboxylic acid groups (broad SMARTS) is 1. The van der Waals surface area contributed by atoms with Gasteiger partial charge in [0.2, 0.25) is 29.5 Å². The van der Waals surface area contributed by atoms with Crippen LogP contribution in [-0.2, 0) is 51.1 Å². The summed E-state index contributed by atoms with van der Waals surface area (Å²) in [6, 6.07) is 8.19. The monoisotopic (exact) mass is 940 g/mol. The fourth-order valence-electron chi connectivity index (χ4n) is 6.19. The van der Waals surface area contributed by atoms with Crippen LogP contribution in [0.3, 0.4) is 0 Å². The lowest BCUT2D eigenvalue weighted by Crippen LogP contribution is -2.57. The van der Waals surface area contributed by atoms with Gasteiger partial charge in [0.05, 0.1) is 12.6 Å². The first-order valence-electron chi connectivity index (χ1n) is 21.9. The van der Waals surface area contributed by atoms with Crippen LogP contribution in [0.1, 0.15) is 99.6 Å². The van der Waals surface area contributed by atoms with Gasteiger partial charge < -0.3 is 62.7 Å². The molecule has 0 radical (unpaired) electrons. The van der Waals surface area contributed by atoms with Gasteiger partial charge in [0.15, 0.2) is 5.96 Å². The van der Waals surface area contributed by atoms with Gasteiger partial charge in [0.1, 0.15) is 47.2 Å². The summed E-state index contributed by atoms with van der Waals surface area (Å²) in [6.07, 6.45) is -1.52. The zero-order chi connectivity index (χ0) is 50.6. The Labute approximate surface area is 391 Å². The first-order chi connectivity index (χ1) is 31.1. The average molecular weight is 940 g/mol. The summed E-state index contributed by atoms with van der Waals surface area (Å²) < 4.78 is 15.7. The van der Waals surface area contributed by atoms with E-state index in [4.69, 9.17) is 25.7 Å². The second-order valence-electron chi connectivity index (χ2n) is 18.4. The Kier molecular flexibility index (Phi) is 22.0. The van der Waals surface area contributed by atoms with E-state index in [2.05, 4.69) is 36.9 Å². The van der Waals surface area contributed by atoms with Crippen molar-refractivity contribution in [2.24, 2.45) is 22.4 Å². The van der Waals surface area contributed by atoms with E-state index in [9.17, 15) is 43.5 Å². The van der Waals surface area contributed by atoms with Gasteiger partial charge in [-0.15, -0.1) is 0 Å². The lowest BCUT2D eigenvalue weighted by Gasteiger charge is -2.26. The number of benzene rings is 2. The third-order valence-corrected chi connectivity index (χ3v) is 9.27. The average Bonchev–Trinajstić information content (AvgIpc) is 3.19. The minimum Gasteiger partial charge on any atom is -0.480 e. The standard InChI is InChI=1S/C46H69N9O12/c1-26(2)22-33(39(59)53-32(41(61)62)21-16-27(3)50-42(47)48)54-40(60)34(23-29-14-12-11-13-15-29)52-36(56)25-49-37(57)28(4)51-38(58)35(55-43(63)66-45(5,6)7)24-30-17-19-31(20-18-30)65-44(64)67-46(8,9)10/h11-15,17-20,26-28,32-35H,16,21-25H2,1-10H3,(H,49,57)(H,51,58)(H,52,56)(H,53,59)(H,54,60)(H,55,63)(H,61,62)(H4,47,48,50)/t27-,28+,32-,33+,34+,35+/m1/s1. The number of carbonyl (C=O) groups is 8. The van der Waals surface area contributed by atoms with Crippen LogP contribution in [0.2, 0.25) is 0 Å². The molecule has 67 heavy (non-hydrogen) atoms. The molecule has 2 rings (SSSR count). The van der Waals surface area contributed by atoms with E-state index in [1.807, 2.05) is 13.8 Å². The van der Waals surface area contributed by atoms with Crippen molar-refractivity contribution in [3.63, 3.8) is 0 Å². The van der Waals surface area contributed by atoms with Gasteiger partial charge in [-0.1, -0.05) is 56.3 Å².